The molecule has 1 aromatic carbocycles. The minimum Gasteiger partial charge on any atom is -0.327 e. The first-order valence-electron chi connectivity index (χ1n) is 9.52. The number of aromatic nitrogens is 1. The van der Waals surface area contributed by atoms with Crippen molar-refractivity contribution in [2.45, 2.75) is 38.9 Å². The molecule has 1 fully saturated rings. The smallest absolute Gasteiger partial charge is 0.327 e. The van der Waals surface area contributed by atoms with E-state index in [-0.39, 0.29) is 11.8 Å². The summed E-state index contributed by atoms with van der Waals surface area (Å²) in [7, 11) is 0. The highest BCUT2D eigenvalue weighted by Crippen LogP contribution is 2.36. The molecule has 30 heavy (non-hydrogen) atoms. The Hall–Kier alpha value is -2.68. The van der Waals surface area contributed by atoms with E-state index in [0.717, 1.165) is 23.8 Å². The lowest BCUT2D eigenvalue weighted by Crippen LogP contribution is -2.44. The normalized spacial score (nSPS) is 15.2. The fraction of sp³-hybridized carbons (Fsp3) is 0.381. The maximum absolute atomic E-state index is 12.9. The summed E-state index contributed by atoms with van der Waals surface area (Å²) in [5, 5.41) is 2.07. The Morgan fingerprint density at radius 1 is 1.27 bits per heavy atom. The molecule has 3 rings (SSSR count). The summed E-state index contributed by atoms with van der Waals surface area (Å²) < 4.78 is 38.8. The molecule has 160 valence electrons. The van der Waals surface area contributed by atoms with Gasteiger partial charge in [-0.15, -0.1) is 11.3 Å². The van der Waals surface area contributed by atoms with Crippen molar-refractivity contribution in [1.29, 1.82) is 0 Å². The Balaban J connectivity index is 1.76. The lowest BCUT2D eigenvalue weighted by molar-refractivity contribution is -0.162. The van der Waals surface area contributed by atoms with Gasteiger partial charge in [-0.1, -0.05) is 18.2 Å². The molecule has 1 saturated carbocycles. The van der Waals surface area contributed by atoms with Crippen molar-refractivity contribution in [3.05, 3.63) is 47.5 Å². The van der Waals surface area contributed by atoms with Gasteiger partial charge in [-0.2, -0.15) is 13.2 Å². The van der Waals surface area contributed by atoms with E-state index >= 15 is 0 Å². The third-order valence-electron chi connectivity index (χ3n) is 4.86. The van der Waals surface area contributed by atoms with Crippen LogP contribution in [0.15, 0.2) is 41.8 Å². The van der Waals surface area contributed by atoms with Crippen molar-refractivity contribution in [3.8, 4) is 0 Å². The first-order valence-corrected chi connectivity index (χ1v) is 10.4. The highest BCUT2D eigenvalue weighted by Gasteiger charge is 2.39. The maximum atomic E-state index is 12.9. The number of benzene rings is 1. The highest BCUT2D eigenvalue weighted by atomic mass is 32.1. The molecule has 0 N–H and O–H groups in total. The summed E-state index contributed by atoms with van der Waals surface area (Å²) in [4.78, 5) is 31.2. The summed E-state index contributed by atoms with van der Waals surface area (Å²) in [5.41, 5.74) is 1.05. The highest BCUT2D eigenvalue weighted by molar-refractivity contribution is 7.14. The standard InChI is InChI=1S/C21H22F3N3O2S/c1-14(16-8-9-16)26(13-21(22,23)24)19(29)11-10-17-12-30-20(25-17)27(15(2)28)18-6-4-3-5-7-18/h3-7,10-12,14,16H,8-9,13H2,1-2H3. The molecule has 5 nitrogen and oxygen atoms in total. The fourth-order valence-electron chi connectivity index (χ4n) is 3.16. The van der Waals surface area contributed by atoms with Gasteiger partial charge in [-0.05, 0) is 43.9 Å². The molecule has 0 radical (unpaired) electrons. The van der Waals surface area contributed by atoms with Gasteiger partial charge in [0.15, 0.2) is 5.13 Å². The van der Waals surface area contributed by atoms with E-state index in [1.165, 1.54) is 29.2 Å². The predicted molar refractivity (Wildman–Crippen MR) is 110 cm³/mol. The second-order valence-electron chi connectivity index (χ2n) is 7.24. The quantitative estimate of drug-likeness (QED) is 0.571. The van der Waals surface area contributed by atoms with Crippen LogP contribution in [0.1, 0.15) is 32.4 Å². The van der Waals surface area contributed by atoms with Crippen LogP contribution in [-0.2, 0) is 9.59 Å². The van der Waals surface area contributed by atoms with Gasteiger partial charge in [-0.3, -0.25) is 14.5 Å². The van der Waals surface area contributed by atoms with Crippen LogP contribution in [0.3, 0.4) is 0 Å². The van der Waals surface area contributed by atoms with Crippen molar-refractivity contribution < 1.29 is 22.8 Å². The van der Waals surface area contributed by atoms with Crippen molar-refractivity contribution in [3.63, 3.8) is 0 Å². The zero-order valence-corrected chi connectivity index (χ0v) is 17.4. The van der Waals surface area contributed by atoms with E-state index in [2.05, 4.69) is 4.98 Å². The van der Waals surface area contributed by atoms with Crippen LogP contribution in [0.25, 0.3) is 6.08 Å². The number of hydrogen-bond donors (Lipinski definition) is 0. The number of para-hydroxylation sites is 1. The van der Waals surface area contributed by atoms with Crippen molar-refractivity contribution in [2.24, 2.45) is 5.92 Å². The van der Waals surface area contributed by atoms with Gasteiger partial charge in [0.05, 0.1) is 11.4 Å². The van der Waals surface area contributed by atoms with E-state index in [0.29, 0.717) is 16.5 Å². The molecule has 1 aromatic heterocycles. The van der Waals surface area contributed by atoms with Crippen LogP contribution in [0.2, 0.25) is 0 Å². The first kappa shape index (κ1) is 22.0. The Morgan fingerprint density at radius 3 is 2.50 bits per heavy atom. The third-order valence-corrected chi connectivity index (χ3v) is 5.70. The average molecular weight is 437 g/mol. The molecule has 2 amide bonds. The molecule has 9 heteroatoms. The molecule has 1 atom stereocenters. The zero-order valence-electron chi connectivity index (χ0n) is 16.6. The topological polar surface area (TPSA) is 53.5 Å². The number of carbonyl (C=O) groups is 2. The van der Waals surface area contributed by atoms with Gasteiger partial charge >= 0.3 is 6.18 Å². The number of thiazole rings is 1. The van der Waals surface area contributed by atoms with Gasteiger partial charge in [0.25, 0.3) is 0 Å². The van der Waals surface area contributed by atoms with Crippen LogP contribution < -0.4 is 4.90 Å². The lowest BCUT2D eigenvalue weighted by Gasteiger charge is -2.29. The van der Waals surface area contributed by atoms with E-state index < -0.39 is 24.7 Å². The third kappa shape index (κ3) is 5.69. The fourth-order valence-corrected chi connectivity index (χ4v) is 4.02. The second kappa shape index (κ2) is 8.99. The Kier molecular flexibility index (Phi) is 6.60. The molecule has 0 aliphatic heterocycles. The predicted octanol–water partition coefficient (Wildman–Crippen LogP) is 5.03. The molecule has 1 aliphatic rings. The number of alkyl halides is 3. The lowest BCUT2D eigenvalue weighted by atomic mass is 10.1. The number of carbonyl (C=O) groups excluding carboxylic acids is 2. The summed E-state index contributed by atoms with van der Waals surface area (Å²) in [6.45, 7) is 1.80. The minimum absolute atomic E-state index is 0.116. The minimum atomic E-state index is -4.46. The second-order valence-corrected chi connectivity index (χ2v) is 8.07. The zero-order chi connectivity index (χ0) is 21.9. The Morgan fingerprint density at radius 2 is 1.93 bits per heavy atom. The molecule has 0 bridgehead atoms. The van der Waals surface area contributed by atoms with Crippen LogP contribution in [0.5, 0.6) is 0 Å². The Bertz CT molecular complexity index is 923. The van der Waals surface area contributed by atoms with E-state index in [9.17, 15) is 22.8 Å². The largest absolute Gasteiger partial charge is 0.406 e. The van der Waals surface area contributed by atoms with E-state index in [4.69, 9.17) is 0 Å². The van der Waals surface area contributed by atoms with Gasteiger partial charge in [0, 0.05) is 24.4 Å². The number of halogens is 3. The van der Waals surface area contributed by atoms with E-state index in [1.54, 1.807) is 36.6 Å². The van der Waals surface area contributed by atoms with E-state index in [1.807, 2.05) is 6.07 Å². The molecule has 1 unspecified atom stereocenters. The molecule has 2 aromatic rings. The molecule has 0 spiro atoms. The van der Waals surface area contributed by atoms with Crippen LogP contribution in [0.4, 0.5) is 24.0 Å². The van der Waals surface area contributed by atoms with Gasteiger partial charge in [0.1, 0.15) is 6.54 Å². The van der Waals surface area contributed by atoms with Crippen molar-refractivity contribution in [1.82, 2.24) is 9.88 Å². The van der Waals surface area contributed by atoms with Crippen molar-refractivity contribution >= 4 is 40.0 Å². The number of amides is 2. The SMILES string of the molecule is CC(=O)N(c1ccccc1)c1nc(C=CC(=O)N(CC(F)(F)F)C(C)C2CC2)cs1. The summed E-state index contributed by atoms with van der Waals surface area (Å²) >= 11 is 1.21. The van der Waals surface area contributed by atoms with Crippen LogP contribution in [0, 0.1) is 5.92 Å². The van der Waals surface area contributed by atoms with Crippen molar-refractivity contribution in [2.75, 3.05) is 11.4 Å². The van der Waals surface area contributed by atoms with Crippen LogP contribution in [-0.4, -0.2) is 40.5 Å². The molecule has 0 saturated heterocycles. The number of rotatable bonds is 7. The summed E-state index contributed by atoms with van der Waals surface area (Å²) in [6, 6.07) is 8.51. The Labute approximate surface area is 176 Å². The van der Waals surface area contributed by atoms with Gasteiger partial charge in [-0.25, -0.2) is 4.98 Å². The van der Waals surface area contributed by atoms with Crippen LogP contribution >= 0.6 is 11.3 Å². The number of nitrogens with zero attached hydrogens (tertiary/aromatic N) is 3. The van der Waals surface area contributed by atoms with Gasteiger partial charge in [0.2, 0.25) is 11.8 Å². The molecular formula is C21H22F3N3O2S. The average Bonchev–Trinajstić information content (AvgIpc) is 3.43. The summed E-state index contributed by atoms with van der Waals surface area (Å²) in [5.74, 6) is -0.810. The molecule has 1 aliphatic carbocycles. The monoisotopic (exact) mass is 437 g/mol. The number of hydrogen-bond acceptors (Lipinski definition) is 4. The molecular weight excluding hydrogens is 415 g/mol. The maximum Gasteiger partial charge on any atom is 0.406 e. The molecule has 1 heterocycles. The number of anilines is 2. The summed E-state index contributed by atoms with van der Waals surface area (Å²) in [6.07, 6.45) is -0.290. The van der Waals surface area contributed by atoms with Gasteiger partial charge < -0.3 is 4.90 Å². The first-order chi connectivity index (χ1) is 14.2.